The van der Waals surface area contributed by atoms with Gasteiger partial charge in [0.15, 0.2) is 11.5 Å². The molecule has 13 heavy (non-hydrogen) atoms. The summed E-state index contributed by atoms with van der Waals surface area (Å²) in [5.41, 5.74) is -0.677. The molecule has 0 aliphatic rings. The molecule has 0 fully saturated rings. The van der Waals surface area contributed by atoms with Crippen molar-refractivity contribution >= 4 is 17.4 Å². The monoisotopic (exact) mass is 201 g/mol. The Morgan fingerprint density at radius 2 is 2.31 bits per heavy atom. The third-order valence-electron chi connectivity index (χ3n) is 1.60. The van der Waals surface area contributed by atoms with E-state index >= 15 is 0 Å². The van der Waals surface area contributed by atoms with E-state index in [1.807, 2.05) is 0 Å². The minimum absolute atomic E-state index is 0.0481. The van der Waals surface area contributed by atoms with Gasteiger partial charge in [-0.15, -0.1) is 0 Å². The summed E-state index contributed by atoms with van der Waals surface area (Å²) in [5, 5.41) is 8.68. The Hall–Kier alpha value is -1.29. The number of pyridine rings is 1. The largest absolute Gasteiger partial charge is 0.503 e. The van der Waals surface area contributed by atoms with E-state index < -0.39 is 11.2 Å². The number of hydrogen-bond acceptors (Lipinski definition) is 3. The molecule has 4 nitrogen and oxygen atoms in total. The Kier molecular flexibility index (Phi) is 2.72. The topological polar surface area (TPSA) is 70.2 Å². The van der Waals surface area contributed by atoms with Gasteiger partial charge in [0.25, 0.3) is 0 Å². The molecule has 1 heterocycles. The minimum atomic E-state index is -0.725. The molecule has 0 radical (unpaired) electrons. The number of carbonyl (C=O) groups is 1. The van der Waals surface area contributed by atoms with Crippen LogP contribution >= 0.6 is 11.6 Å². The zero-order chi connectivity index (χ0) is 10.0. The van der Waals surface area contributed by atoms with Crippen LogP contribution < -0.4 is 5.43 Å². The van der Waals surface area contributed by atoms with Crippen LogP contribution in [0.4, 0.5) is 0 Å². The van der Waals surface area contributed by atoms with Gasteiger partial charge in [-0.3, -0.25) is 9.59 Å². The Balaban J connectivity index is 3.35. The highest BCUT2D eigenvalue weighted by atomic mass is 35.5. The summed E-state index contributed by atoms with van der Waals surface area (Å²) in [6.07, 6.45) is 1.30. The predicted octanol–water partition coefficient (Wildman–Crippen LogP) is 1.33. The van der Waals surface area contributed by atoms with Gasteiger partial charge in [-0.05, 0) is 0 Å². The molecule has 0 unspecified atom stereocenters. The maximum atomic E-state index is 11.2. The summed E-state index contributed by atoms with van der Waals surface area (Å²) >= 11 is 5.55. The van der Waals surface area contributed by atoms with Crippen molar-refractivity contribution in [3.63, 3.8) is 0 Å². The number of H-pyrrole nitrogens is 1. The smallest absolute Gasteiger partial charge is 0.242 e. The maximum absolute atomic E-state index is 11.2. The van der Waals surface area contributed by atoms with Crippen molar-refractivity contribution in [1.29, 1.82) is 0 Å². The average molecular weight is 202 g/mol. The molecule has 0 spiro atoms. The van der Waals surface area contributed by atoms with E-state index in [1.54, 1.807) is 6.92 Å². The van der Waals surface area contributed by atoms with Gasteiger partial charge in [-0.25, -0.2) is 0 Å². The zero-order valence-electron chi connectivity index (χ0n) is 6.93. The van der Waals surface area contributed by atoms with Crippen LogP contribution in [-0.4, -0.2) is 15.9 Å². The van der Waals surface area contributed by atoms with Crippen LogP contribution in [0, 0.1) is 0 Å². The molecule has 1 aromatic heterocycles. The lowest BCUT2D eigenvalue weighted by Gasteiger charge is -2.00. The first-order chi connectivity index (χ1) is 6.07. The number of hydrogen-bond donors (Lipinski definition) is 2. The van der Waals surface area contributed by atoms with Crippen molar-refractivity contribution in [3.8, 4) is 5.75 Å². The molecule has 0 amide bonds. The molecular weight excluding hydrogens is 194 g/mol. The number of Topliss-reactive ketones (excluding diaryl/α,β-unsaturated/α-hetero) is 1. The summed E-state index contributed by atoms with van der Waals surface area (Å²) in [6, 6.07) is 0. The molecule has 2 N–H and O–H groups in total. The molecule has 0 bridgehead atoms. The number of halogens is 1. The molecule has 0 aliphatic heterocycles. The fourth-order valence-corrected chi connectivity index (χ4v) is 1.13. The molecule has 5 heteroatoms. The number of carbonyl (C=O) groups excluding carboxylic acids is 1. The van der Waals surface area contributed by atoms with E-state index in [4.69, 9.17) is 16.7 Å². The normalized spacial score (nSPS) is 10.0. The Bertz CT molecular complexity index is 397. The van der Waals surface area contributed by atoms with Crippen molar-refractivity contribution in [2.24, 2.45) is 0 Å². The van der Waals surface area contributed by atoms with Crippen LogP contribution in [0.25, 0.3) is 0 Å². The van der Waals surface area contributed by atoms with Gasteiger partial charge in [-0.1, -0.05) is 18.5 Å². The standard InChI is InChI=1S/C8H8ClNO3/c1-2-4(11)7-6(9)8(13)5(12)3-10-7/h3,12H,2H2,1H3,(H,10,13). The Morgan fingerprint density at radius 3 is 2.85 bits per heavy atom. The molecule has 0 saturated carbocycles. The highest BCUT2D eigenvalue weighted by molar-refractivity contribution is 6.33. The highest BCUT2D eigenvalue weighted by Crippen LogP contribution is 2.13. The molecule has 0 atom stereocenters. The molecule has 0 aromatic carbocycles. The summed E-state index contributed by atoms with van der Waals surface area (Å²) in [4.78, 5) is 24.7. The summed E-state index contributed by atoms with van der Waals surface area (Å²) in [5.74, 6) is -0.750. The van der Waals surface area contributed by atoms with Crippen LogP contribution in [0.3, 0.4) is 0 Å². The lowest BCUT2D eigenvalue weighted by atomic mass is 10.2. The number of aromatic amines is 1. The number of ketones is 1. The quantitative estimate of drug-likeness (QED) is 0.710. The zero-order valence-corrected chi connectivity index (χ0v) is 7.68. The fraction of sp³-hybridized carbons (Fsp3) is 0.250. The van der Waals surface area contributed by atoms with E-state index in [0.717, 1.165) is 6.20 Å². The van der Waals surface area contributed by atoms with E-state index in [0.29, 0.717) is 0 Å². The number of aromatic hydroxyl groups is 1. The Labute approximate surface area is 79.2 Å². The highest BCUT2D eigenvalue weighted by Gasteiger charge is 2.13. The maximum Gasteiger partial charge on any atom is 0.242 e. The molecule has 1 aromatic rings. The van der Waals surface area contributed by atoms with Gasteiger partial charge < -0.3 is 10.1 Å². The lowest BCUT2D eigenvalue weighted by Crippen LogP contribution is -2.10. The first kappa shape index (κ1) is 9.80. The molecule has 0 aliphatic carbocycles. The number of rotatable bonds is 2. The fourth-order valence-electron chi connectivity index (χ4n) is 0.875. The van der Waals surface area contributed by atoms with Crippen LogP contribution in [0.1, 0.15) is 23.8 Å². The van der Waals surface area contributed by atoms with E-state index in [1.165, 1.54) is 0 Å². The van der Waals surface area contributed by atoms with Gasteiger partial charge in [-0.2, -0.15) is 0 Å². The van der Waals surface area contributed by atoms with Crippen molar-refractivity contribution < 1.29 is 9.90 Å². The van der Waals surface area contributed by atoms with Crippen LogP contribution in [0.15, 0.2) is 11.0 Å². The van der Waals surface area contributed by atoms with Gasteiger partial charge >= 0.3 is 0 Å². The summed E-state index contributed by atoms with van der Waals surface area (Å²) in [7, 11) is 0. The number of aromatic nitrogens is 1. The molecule has 0 saturated heterocycles. The Morgan fingerprint density at radius 1 is 1.69 bits per heavy atom. The second-order valence-electron chi connectivity index (χ2n) is 2.47. The van der Waals surface area contributed by atoms with Crippen molar-refractivity contribution in [2.75, 3.05) is 0 Å². The predicted molar refractivity (Wildman–Crippen MR) is 48.4 cm³/mol. The first-order valence-electron chi connectivity index (χ1n) is 3.71. The van der Waals surface area contributed by atoms with E-state index in [2.05, 4.69) is 4.98 Å². The van der Waals surface area contributed by atoms with E-state index in [9.17, 15) is 9.59 Å². The molecular formula is C8H8ClNO3. The van der Waals surface area contributed by atoms with Gasteiger partial charge in [0.2, 0.25) is 5.43 Å². The van der Waals surface area contributed by atoms with Crippen LogP contribution in [0.5, 0.6) is 5.75 Å². The van der Waals surface area contributed by atoms with Crippen LogP contribution in [-0.2, 0) is 0 Å². The van der Waals surface area contributed by atoms with Crippen LogP contribution in [0.2, 0.25) is 5.02 Å². The number of nitrogens with one attached hydrogen (secondary N) is 1. The average Bonchev–Trinajstić information content (AvgIpc) is 2.13. The molecule has 70 valence electrons. The van der Waals surface area contributed by atoms with Gasteiger partial charge in [0, 0.05) is 12.6 Å². The second kappa shape index (κ2) is 3.62. The van der Waals surface area contributed by atoms with E-state index in [-0.39, 0.29) is 22.9 Å². The van der Waals surface area contributed by atoms with Crippen molar-refractivity contribution in [3.05, 3.63) is 27.1 Å². The molecule has 1 rings (SSSR count). The van der Waals surface area contributed by atoms with Gasteiger partial charge in [0.05, 0.1) is 0 Å². The SMILES string of the molecule is CCC(=O)c1[nH]cc(O)c(=O)c1Cl. The van der Waals surface area contributed by atoms with Gasteiger partial charge in [0.1, 0.15) is 10.7 Å². The lowest BCUT2D eigenvalue weighted by molar-refractivity contribution is 0.0983. The minimum Gasteiger partial charge on any atom is -0.503 e. The second-order valence-corrected chi connectivity index (χ2v) is 2.85. The third-order valence-corrected chi connectivity index (χ3v) is 1.97. The van der Waals surface area contributed by atoms with Crippen molar-refractivity contribution in [1.82, 2.24) is 4.98 Å². The third kappa shape index (κ3) is 1.72. The summed E-state index contributed by atoms with van der Waals surface area (Å²) in [6.45, 7) is 1.66. The summed E-state index contributed by atoms with van der Waals surface area (Å²) < 4.78 is 0. The first-order valence-corrected chi connectivity index (χ1v) is 4.09. The van der Waals surface area contributed by atoms with Crippen molar-refractivity contribution in [2.45, 2.75) is 13.3 Å².